The van der Waals surface area contributed by atoms with Gasteiger partial charge in [0, 0.05) is 0 Å². The van der Waals surface area contributed by atoms with E-state index in [9.17, 15) is 0 Å². The summed E-state index contributed by atoms with van der Waals surface area (Å²) in [6.45, 7) is 0. The van der Waals surface area contributed by atoms with Gasteiger partial charge in [0.15, 0.2) is 0 Å². The van der Waals surface area contributed by atoms with E-state index in [-0.39, 0.29) is 0 Å². The molecular formula is CH3B2N. The van der Waals surface area contributed by atoms with Gasteiger partial charge in [0.2, 0.25) is 7.17 Å². The zero-order valence-electron chi connectivity index (χ0n) is 2.65. The van der Waals surface area contributed by atoms with Crippen LogP contribution in [0.3, 0.4) is 0 Å². The lowest BCUT2D eigenvalue weighted by Gasteiger charge is -1.39. The minimum Gasteiger partial charge on any atom is -0.214 e. The van der Waals surface area contributed by atoms with Crippen LogP contribution in [0.15, 0.2) is 0 Å². The fraction of sp³-hybridized carbons (Fsp3) is 0. The molecule has 0 radical (unpaired) electrons. The van der Waals surface area contributed by atoms with Crippen LogP contribution in [0, 0.1) is 11.2 Å². The Hall–Kier alpha value is -0.380. The van der Waals surface area contributed by atoms with Crippen LogP contribution < -0.4 is 0 Å². The summed E-state index contributed by atoms with van der Waals surface area (Å²) in [6, 6.07) is 0. The second-order valence-corrected chi connectivity index (χ2v) is 0.512. The van der Waals surface area contributed by atoms with Crippen molar-refractivity contribution < 1.29 is 0 Å². The van der Waals surface area contributed by atoms with E-state index >= 15 is 0 Å². The third-order valence-electron chi connectivity index (χ3n) is 0.158. The van der Waals surface area contributed by atoms with Crippen LogP contribution in [-0.2, 0) is 0 Å². The van der Waals surface area contributed by atoms with Gasteiger partial charge < -0.3 is 0 Å². The first-order valence-corrected chi connectivity index (χ1v) is 1.28. The lowest BCUT2D eigenvalue weighted by molar-refractivity contribution is 1.56. The predicted octanol–water partition coefficient (Wildman–Crippen LogP) is -1.55. The van der Waals surface area contributed by atoms with Crippen molar-refractivity contribution in [2.75, 3.05) is 0 Å². The lowest BCUT2D eigenvalue weighted by atomic mass is 9.58. The second kappa shape index (κ2) is 2.62. The third kappa shape index (κ3) is 1.62. The highest BCUT2D eigenvalue weighted by Gasteiger charge is 1.59. The van der Waals surface area contributed by atoms with Crippen LogP contribution in [0.5, 0.6) is 0 Å². The molecule has 0 fully saturated rings. The fourth-order valence-electron chi connectivity index (χ4n) is 0. The Balaban J connectivity index is 2.43. The highest BCUT2D eigenvalue weighted by molar-refractivity contribution is 6.94. The molecule has 0 amide bonds. The first-order chi connectivity index (χ1) is 1.91. The topological polar surface area (TPSA) is 23.8 Å². The van der Waals surface area contributed by atoms with E-state index < -0.39 is 0 Å². The molecule has 0 aliphatic rings. The maximum atomic E-state index is 7.62. The molecule has 0 atom stereocenters. The summed E-state index contributed by atoms with van der Waals surface area (Å²) in [5.41, 5.74) is 0. The molecule has 0 aromatic rings. The van der Waals surface area contributed by atoms with Crippen LogP contribution >= 0.6 is 0 Å². The van der Waals surface area contributed by atoms with E-state index in [2.05, 4.69) is 0 Å². The highest BCUT2D eigenvalue weighted by Crippen LogP contribution is 1.25. The van der Waals surface area contributed by atoms with Crippen molar-refractivity contribution in [3.8, 4) is 5.97 Å². The minimum absolute atomic E-state index is 0.625. The van der Waals surface area contributed by atoms with E-state index in [1.807, 2.05) is 13.7 Å². The molecule has 0 aliphatic carbocycles. The van der Waals surface area contributed by atoms with Crippen LogP contribution in [0.4, 0.5) is 0 Å². The highest BCUT2D eigenvalue weighted by atomic mass is 14.2. The van der Waals surface area contributed by atoms with Crippen molar-refractivity contribution in [2.24, 2.45) is 0 Å². The van der Waals surface area contributed by atoms with Gasteiger partial charge in [-0.2, -0.15) is 0 Å². The Morgan fingerprint density at radius 3 is 2.25 bits per heavy atom. The van der Waals surface area contributed by atoms with Gasteiger partial charge in [0.05, 0.1) is 7.74 Å². The predicted molar refractivity (Wildman–Crippen MR) is 21.3 cm³/mol. The molecule has 0 heterocycles. The largest absolute Gasteiger partial charge is 0.214 e. The Bertz CT molecular complexity index is 35.8. The Morgan fingerprint density at radius 2 is 2.25 bits per heavy atom. The Morgan fingerprint density at radius 1 is 2.00 bits per heavy atom. The maximum absolute atomic E-state index is 7.62. The van der Waals surface area contributed by atoms with Gasteiger partial charge in [-0.3, -0.25) is 0 Å². The summed E-state index contributed by atoms with van der Waals surface area (Å²) in [6.07, 6.45) is 0. The standard InChI is InChI=1S/CH3B2N/c2-3-1-4/h3H,2H2. The summed E-state index contributed by atoms with van der Waals surface area (Å²) in [5.74, 6) is 1.93. The number of hydrogen-bond donors (Lipinski definition) is 0. The van der Waals surface area contributed by atoms with Crippen LogP contribution in [0.25, 0.3) is 0 Å². The van der Waals surface area contributed by atoms with Gasteiger partial charge in [-0.15, -0.1) is 0 Å². The molecule has 18 valence electrons. The maximum Gasteiger partial charge on any atom is 0.208 e. The zero-order chi connectivity index (χ0) is 3.41. The molecule has 0 saturated heterocycles. The first kappa shape index (κ1) is 3.62. The Labute approximate surface area is 27.3 Å². The average Bonchev–Trinajstić information content (AvgIpc) is 1.37. The molecular weight excluding hydrogens is 47.6 g/mol. The molecule has 0 aromatic heterocycles. The van der Waals surface area contributed by atoms with Crippen LogP contribution in [0.1, 0.15) is 0 Å². The molecule has 0 rings (SSSR count). The van der Waals surface area contributed by atoms with E-state index in [0.717, 1.165) is 0 Å². The second-order valence-electron chi connectivity index (χ2n) is 0.512. The molecule has 0 aromatic carbocycles. The van der Waals surface area contributed by atoms with E-state index in [1.54, 1.807) is 0 Å². The van der Waals surface area contributed by atoms with Crippen LogP contribution in [-0.4, -0.2) is 14.9 Å². The van der Waals surface area contributed by atoms with Gasteiger partial charge >= 0.3 is 0 Å². The molecule has 0 saturated carbocycles. The van der Waals surface area contributed by atoms with Crippen molar-refractivity contribution in [3.05, 3.63) is 0 Å². The van der Waals surface area contributed by atoms with Gasteiger partial charge in [0.25, 0.3) is 0 Å². The fourth-order valence-corrected chi connectivity index (χ4v) is 0. The summed E-state index contributed by atoms with van der Waals surface area (Å²) in [5, 5.41) is 7.62. The lowest BCUT2D eigenvalue weighted by Crippen LogP contribution is -1.75. The Kier molecular flexibility index (Phi) is 2.37. The molecule has 0 N–H and O–H groups in total. The smallest absolute Gasteiger partial charge is 0.208 e. The quantitative estimate of drug-likeness (QED) is 0.305. The van der Waals surface area contributed by atoms with Gasteiger partial charge in [-0.05, 0) is 5.97 Å². The van der Waals surface area contributed by atoms with E-state index in [0.29, 0.717) is 7.17 Å². The molecule has 0 spiro atoms. The van der Waals surface area contributed by atoms with E-state index in [4.69, 9.17) is 5.26 Å². The van der Waals surface area contributed by atoms with Crippen molar-refractivity contribution in [1.82, 2.24) is 0 Å². The monoisotopic (exact) mass is 51.0 g/mol. The van der Waals surface area contributed by atoms with Crippen molar-refractivity contribution in [1.29, 1.82) is 5.26 Å². The number of nitriles is 1. The van der Waals surface area contributed by atoms with Crippen molar-refractivity contribution >= 4 is 14.9 Å². The van der Waals surface area contributed by atoms with Crippen molar-refractivity contribution in [3.63, 3.8) is 0 Å². The van der Waals surface area contributed by atoms with Gasteiger partial charge in [-0.1, -0.05) is 0 Å². The number of hydrogen-bond acceptors (Lipinski definition) is 1. The third-order valence-corrected chi connectivity index (χ3v) is 0.158. The minimum atomic E-state index is 0.625. The van der Waals surface area contributed by atoms with E-state index in [1.165, 1.54) is 0 Å². The summed E-state index contributed by atoms with van der Waals surface area (Å²) in [7, 11) is 2.44. The summed E-state index contributed by atoms with van der Waals surface area (Å²) in [4.78, 5) is 0. The average molecular weight is 50.7 g/mol. The zero-order valence-corrected chi connectivity index (χ0v) is 2.65. The first-order valence-electron chi connectivity index (χ1n) is 1.28. The summed E-state index contributed by atoms with van der Waals surface area (Å²) < 4.78 is 0. The molecule has 4 heavy (non-hydrogen) atoms. The molecule has 0 unspecified atom stereocenters. The molecule has 0 aliphatic heterocycles. The summed E-state index contributed by atoms with van der Waals surface area (Å²) >= 11 is 0. The van der Waals surface area contributed by atoms with Gasteiger partial charge in [-0.25, -0.2) is 5.26 Å². The number of rotatable bonds is 0. The van der Waals surface area contributed by atoms with Crippen LogP contribution in [0.2, 0.25) is 0 Å². The van der Waals surface area contributed by atoms with Crippen molar-refractivity contribution in [2.45, 2.75) is 0 Å². The number of nitrogens with zero attached hydrogens (tertiary/aromatic N) is 1. The molecule has 1 nitrogen and oxygen atoms in total. The normalized spacial score (nSPS) is 3.75. The molecule has 3 heteroatoms. The molecule has 0 bridgehead atoms. The SMILES string of the molecule is BBC#N. The van der Waals surface area contributed by atoms with Gasteiger partial charge in [0.1, 0.15) is 0 Å².